The highest BCUT2D eigenvalue weighted by Gasteiger charge is 2.32. The molecule has 92 valence electrons. The minimum absolute atomic E-state index is 0.397. The summed E-state index contributed by atoms with van der Waals surface area (Å²) in [7, 11) is 1.35. The highest BCUT2D eigenvalue weighted by Crippen LogP contribution is 2.38. The van der Waals surface area contributed by atoms with Gasteiger partial charge in [-0.1, -0.05) is 13.0 Å². The maximum Gasteiger partial charge on any atom is 0.340 e. The van der Waals surface area contributed by atoms with Crippen LogP contribution < -0.4 is 11.1 Å². The van der Waals surface area contributed by atoms with Gasteiger partial charge in [-0.05, 0) is 30.4 Å². The van der Waals surface area contributed by atoms with Crippen molar-refractivity contribution in [3.05, 3.63) is 23.8 Å². The van der Waals surface area contributed by atoms with Crippen molar-refractivity contribution in [3.63, 3.8) is 0 Å². The second-order valence-corrected chi connectivity index (χ2v) is 4.61. The van der Waals surface area contributed by atoms with E-state index < -0.39 is 5.97 Å². The van der Waals surface area contributed by atoms with Crippen LogP contribution in [0.5, 0.6) is 0 Å². The lowest BCUT2D eigenvalue weighted by atomic mass is 10.1. The first-order chi connectivity index (χ1) is 8.13. The molecule has 17 heavy (non-hydrogen) atoms. The largest absolute Gasteiger partial charge is 0.465 e. The van der Waals surface area contributed by atoms with E-state index in [2.05, 4.69) is 17.0 Å². The molecule has 0 aliphatic heterocycles. The molecule has 1 fully saturated rings. The van der Waals surface area contributed by atoms with Gasteiger partial charge in [0, 0.05) is 6.54 Å². The van der Waals surface area contributed by atoms with Crippen molar-refractivity contribution in [2.45, 2.75) is 13.3 Å². The van der Waals surface area contributed by atoms with Crippen molar-refractivity contribution in [1.82, 2.24) is 0 Å². The summed E-state index contributed by atoms with van der Waals surface area (Å²) < 4.78 is 4.68. The van der Waals surface area contributed by atoms with Crippen LogP contribution in [0.15, 0.2) is 18.2 Å². The van der Waals surface area contributed by atoms with Gasteiger partial charge in [-0.3, -0.25) is 0 Å². The summed E-state index contributed by atoms with van der Waals surface area (Å²) >= 11 is 0. The molecule has 0 amide bonds. The molecule has 2 atom stereocenters. The number of nitrogens with one attached hydrogen (secondary N) is 1. The molecule has 4 nitrogen and oxygen atoms in total. The summed E-state index contributed by atoms with van der Waals surface area (Å²) in [5.41, 5.74) is 7.63. The van der Waals surface area contributed by atoms with Gasteiger partial charge in [-0.15, -0.1) is 0 Å². The quantitative estimate of drug-likeness (QED) is 0.618. The highest BCUT2D eigenvalue weighted by molar-refractivity contribution is 5.98. The SMILES string of the molecule is COC(=O)c1cccc(NCC2CC2C)c1N. The number of para-hydroxylation sites is 1. The van der Waals surface area contributed by atoms with E-state index in [1.54, 1.807) is 12.1 Å². The van der Waals surface area contributed by atoms with Gasteiger partial charge in [-0.25, -0.2) is 4.79 Å². The average molecular weight is 234 g/mol. The average Bonchev–Trinajstić information content (AvgIpc) is 3.03. The van der Waals surface area contributed by atoms with Gasteiger partial charge in [0.1, 0.15) is 0 Å². The van der Waals surface area contributed by atoms with Gasteiger partial charge < -0.3 is 15.8 Å². The molecule has 0 radical (unpaired) electrons. The van der Waals surface area contributed by atoms with E-state index in [-0.39, 0.29) is 0 Å². The van der Waals surface area contributed by atoms with Gasteiger partial charge in [-0.2, -0.15) is 0 Å². The van der Waals surface area contributed by atoms with E-state index in [1.165, 1.54) is 13.5 Å². The molecule has 0 spiro atoms. The van der Waals surface area contributed by atoms with E-state index in [0.29, 0.717) is 11.3 Å². The third-order valence-electron chi connectivity index (χ3n) is 3.34. The van der Waals surface area contributed by atoms with Crippen LogP contribution in [-0.2, 0) is 4.74 Å². The number of rotatable bonds is 4. The number of hydrogen-bond acceptors (Lipinski definition) is 4. The number of nitrogen functional groups attached to an aromatic ring is 1. The predicted octanol–water partition coefficient (Wildman–Crippen LogP) is 2.12. The number of carbonyl (C=O) groups is 1. The van der Waals surface area contributed by atoms with Gasteiger partial charge >= 0.3 is 5.97 Å². The molecular weight excluding hydrogens is 216 g/mol. The summed E-state index contributed by atoms with van der Waals surface area (Å²) in [5, 5.41) is 3.29. The number of anilines is 2. The first-order valence-corrected chi connectivity index (χ1v) is 5.84. The Morgan fingerprint density at radius 1 is 1.59 bits per heavy atom. The molecule has 4 heteroatoms. The second kappa shape index (κ2) is 4.65. The third kappa shape index (κ3) is 2.52. The monoisotopic (exact) mass is 234 g/mol. The van der Waals surface area contributed by atoms with Crippen molar-refractivity contribution in [1.29, 1.82) is 0 Å². The second-order valence-electron chi connectivity index (χ2n) is 4.61. The first-order valence-electron chi connectivity index (χ1n) is 5.84. The minimum atomic E-state index is -0.397. The molecule has 2 unspecified atom stereocenters. The Morgan fingerprint density at radius 2 is 2.29 bits per heavy atom. The normalized spacial score (nSPS) is 22.0. The van der Waals surface area contributed by atoms with Crippen LogP contribution in [0.3, 0.4) is 0 Å². The van der Waals surface area contributed by atoms with Gasteiger partial charge in [0.2, 0.25) is 0 Å². The lowest BCUT2D eigenvalue weighted by molar-refractivity contribution is 0.0602. The van der Waals surface area contributed by atoms with E-state index in [4.69, 9.17) is 5.73 Å². The maximum atomic E-state index is 11.5. The van der Waals surface area contributed by atoms with Gasteiger partial charge in [0.15, 0.2) is 0 Å². The minimum Gasteiger partial charge on any atom is -0.465 e. The molecule has 0 bridgehead atoms. The van der Waals surface area contributed by atoms with E-state index in [9.17, 15) is 4.79 Å². The number of ether oxygens (including phenoxy) is 1. The van der Waals surface area contributed by atoms with Crippen LogP contribution in [0.2, 0.25) is 0 Å². The van der Waals surface area contributed by atoms with Crippen LogP contribution in [0.4, 0.5) is 11.4 Å². The molecule has 1 aliphatic carbocycles. The molecule has 1 aromatic rings. The standard InChI is InChI=1S/C13H18N2O2/c1-8-6-9(8)7-15-11-5-3-4-10(12(11)14)13(16)17-2/h3-5,8-9,15H,6-7,14H2,1-2H3. The number of benzene rings is 1. The fraction of sp³-hybridized carbons (Fsp3) is 0.462. The Morgan fingerprint density at radius 3 is 2.88 bits per heavy atom. The fourth-order valence-electron chi connectivity index (χ4n) is 1.93. The van der Waals surface area contributed by atoms with Gasteiger partial charge in [0.25, 0.3) is 0 Å². The van der Waals surface area contributed by atoms with E-state index >= 15 is 0 Å². The maximum absolute atomic E-state index is 11.5. The van der Waals surface area contributed by atoms with Crippen LogP contribution in [0, 0.1) is 11.8 Å². The molecule has 0 heterocycles. The van der Waals surface area contributed by atoms with Crippen molar-refractivity contribution in [2.75, 3.05) is 24.7 Å². The first kappa shape index (κ1) is 11.8. The van der Waals surface area contributed by atoms with E-state index in [1.807, 2.05) is 6.07 Å². The molecule has 1 saturated carbocycles. The number of esters is 1. The Labute approximate surface area is 101 Å². The lowest BCUT2D eigenvalue weighted by Gasteiger charge is -2.11. The van der Waals surface area contributed by atoms with Crippen molar-refractivity contribution in [3.8, 4) is 0 Å². The summed E-state index contributed by atoms with van der Waals surface area (Å²) in [4.78, 5) is 11.5. The van der Waals surface area contributed by atoms with Crippen LogP contribution in [0.1, 0.15) is 23.7 Å². The summed E-state index contributed by atoms with van der Waals surface area (Å²) in [6.07, 6.45) is 1.27. The summed E-state index contributed by atoms with van der Waals surface area (Å²) in [6.45, 7) is 3.15. The van der Waals surface area contributed by atoms with Crippen molar-refractivity contribution >= 4 is 17.3 Å². The summed E-state index contributed by atoms with van der Waals surface area (Å²) in [5.74, 6) is 1.13. The molecule has 1 aromatic carbocycles. The van der Waals surface area contributed by atoms with Crippen LogP contribution >= 0.6 is 0 Å². The van der Waals surface area contributed by atoms with Crippen LogP contribution in [-0.4, -0.2) is 19.6 Å². The number of hydrogen-bond donors (Lipinski definition) is 2. The summed E-state index contributed by atoms with van der Waals surface area (Å²) in [6, 6.07) is 5.36. The Balaban J connectivity index is 2.08. The van der Waals surface area contributed by atoms with Crippen molar-refractivity contribution < 1.29 is 9.53 Å². The smallest absolute Gasteiger partial charge is 0.340 e. The van der Waals surface area contributed by atoms with Gasteiger partial charge in [0.05, 0.1) is 24.0 Å². The number of nitrogens with two attached hydrogens (primary N) is 1. The molecule has 1 aliphatic rings. The molecule has 0 saturated heterocycles. The number of carbonyl (C=O) groups excluding carboxylic acids is 1. The highest BCUT2D eigenvalue weighted by atomic mass is 16.5. The fourth-order valence-corrected chi connectivity index (χ4v) is 1.93. The van der Waals surface area contributed by atoms with Crippen molar-refractivity contribution in [2.24, 2.45) is 11.8 Å². The lowest BCUT2D eigenvalue weighted by Crippen LogP contribution is -2.11. The zero-order valence-corrected chi connectivity index (χ0v) is 10.2. The Bertz CT molecular complexity index is 431. The number of methoxy groups -OCH3 is 1. The zero-order valence-electron chi connectivity index (χ0n) is 10.2. The molecule has 3 N–H and O–H groups in total. The van der Waals surface area contributed by atoms with Crippen LogP contribution in [0.25, 0.3) is 0 Å². The van der Waals surface area contributed by atoms with E-state index in [0.717, 1.165) is 24.1 Å². The zero-order chi connectivity index (χ0) is 12.4. The predicted molar refractivity (Wildman–Crippen MR) is 68.0 cm³/mol. The third-order valence-corrected chi connectivity index (χ3v) is 3.34. The molecule has 2 rings (SSSR count). The Hall–Kier alpha value is -1.71. The molecular formula is C13H18N2O2. The topological polar surface area (TPSA) is 64.3 Å². The molecule has 0 aromatic heterocycles. The Kier molecular flexibility index (Phi) is 3.22.